The van der Waals surface area contributed by atoms with Gasteiger partial charge in [-0.15, -0.1) is 0 Å². The molecule has 2 aliphatic rings. The second-order valence-electron chi connectivity index (χ2n) is 8.62. The number of hydrogen-bond acceptors (Lipinski definition) is 8. The lowest BCUT2D eigenvalue weighted by atomic mass is 9.97. The number of piperidine rings is 1. The SMILES string of the molecule is Cn1ccc(-c2cn([C@H]3C[C@H](O)[C@@H](C(=O)N4CCC[C@@H](C(N)=O)C4)O3)c3ncnc(N)c23)n1. The van der Waals surface area contributed by atoms with Crippen molar-refractivity contribution in [1.82, 2.24) is 29.2 Å². The van der Waals surface area contributed by atoms with E-state index in [0.29, 0.717) is 41.9 Å². The number of nitrogen functional groups attached to an aromatic ring is 1. The zero-order valence-electron chi connectivity index (χ0n) is 18.2. The van der Waals surface area contributed by atoms with Gasteiger partial charge in [0.15, 0.2) is 6.10 Å². The van der Waals surface area contributed by atoms with Gasteiger partial charge < -0.3 is 30.8 Å². The molecule has 33 heavy (non-hydrogen) atoms. The number of likely N-dealkylation sites (tertiary alicyclic amines) is 1. The van der Waals surface area contributed by atoms with Gasteiger partial charge in [0.1, 0.15) is 24.0 Å². The summed E-state index contributed by atoms with van der Waals surface area (Å²) in [5, 5.41) is 15.8. The zero-order valence-corrected chi connectivity index (χ0v) is 18.2. The zero-order chi connectivity index (χ0) is 23.3. The highest BCUT2D eigenvalue weighted by atomic mass is 16.5. The van der Waals surface area contributed by atoms with Crippen LogP contribution in [0.3, 0.4) is 0 Å². The Morgan fingerprint density at radius 2 is 2.12 bits per heavy atom. The van der Waals surface area contributed by atoms with E-state index in [1.807, 2.05) is 25.5 Å². The van der Waals surface area contributed by atoms with Crippen LogP contribution in [0, 0.1) is 5.92 Å². The second-order valence-corrected chi connectivity index (χ2v) is 8.62. The third-order valence-electron chi connectivity index (χ3n) is 6.41. The molecule has 2 saturated heterocycles. The van der Waals surface area contributed by atoms with E-state index in [1.54, 1.807) is 14.1 Å². The van der Waals surface area contributed by atoms with Crippen LogP contribution < -0.4 is 11.5 Å². The quantitative estimate of drug-likeness (QED) is 0.486. The first kappa shape index (κ1) is 21.3. The molecule has 0 spiro atoms. The number of aliphatic hydroxyl groups is 1. The summed E-state index contributed by atoms with van der Waals surface area (Å²) in [6.07, 6.45) is 3.83. The number of nitrogens with zero attached hydrogens (tertiary/aromatic N) is 6. The Balaban J connectivity index is 1.44. The highest BCUT2D eigenvalue weighted by Crippen LogP contribution is 2.38. The molecule has 3 aromatic heterocycles. The molecule has 0 bridgehead atoms. The summed E-state index contributed by atoms with van der Waals surface area (Å²) in [5.41, 5.74) is 13.6. The van der Waals surface area contributed by atoms with E-state index in [9.17, 15) is 14.7 Å². The number of ether oxygens (including phenoxy) is 1. The lowest BCUT2D eigenvalue weighted by molar-refractivity contribution is -0.151. The molecule has 174 valence electrons. The highest BCUT2D eigenvalue weighted by Gasteiger charge is 2.43. The third kappa shape index (κ3) is 3.70. The van der Waals surface area contributed by atoms with Crippen LogP contribution in [0.15, 0.2) is 24.8 Å². The van der Waals surface area contributed by atoms with E-state index < -0.39 is 24.3 Å². The minimum Gasteiger partial charge on any atom is -0.390 e. The van der Waals surface area contributed by atoms with Gasteiger partial charge in [-0.2, -0.15) is 5.10 Å². The van der Waals surface area contributed by atoms with E-state index in [-0.39, 0.29) is 24.8 Å². The second kappa shape index (κ2) is 8.12. The van der Waals surface area contributed by atoms with E-state index in [4.69, 9.17) is 16.2 Å². The van der Waals surface area contributed by atoms with E-state index in [2.05, 4.69) is 15.1 Å². The van der Waals surface area contributed by atoms with Crippen molar-refractivity contribution in [3.8, 4) is 11.3 Å². The lowest BCUT2D eigenvalue weighted by Crippen LogP contribution is -2.49. The smallest absolute Gasteiger partial charge is 0.254 e. The van der Waals surface area contributed by atoms with Crippen molar-refractivity contribution in [1.29, 1.82) is 0 Å². The number of carbonyl (C=O) groups is 2. The molecule has 2 fully saturated rings. The van der Waals surface area contributed by atoms with Crippen molar-refractivity contribution in [3.05, 3.63) is 24.8 Å². The average Bonchev–Trinajstić information content (AvgIpc) is 3.50. The molecule has 4 atom stereocenters. The molecule has 0 radical (unpaired) electrons. The minimum absolute atomic E-state index is 0.193. The summed E-state index contributed by atoms with van der Waals surface area (Å²) in [6, 6.07) is 1.85. The van der Waals surface area contributed by atoms with Crippen molar-refractivity contribution in [2.24, 2.45) is 18.7 Å². The topological polar surface area (TPSA) is 167 Å². The number of primary amides is 1. The van der Waals surface area contributed by atoms with Gasteiger partial charge in [-0.25, -0.2) is 9.97 Å². The Morgan fingerprint density at radius 3 is 2.85 bits per heavy atom. The number of aromatic nitrogens is 5. The first-order chi connectivity index (χ1) is 15.8. The normalized spacial score (nSPS) is 25.6. The van der Waals surface area contributed by atoms with Gasteiger partial charge in [0, 0.05) is 44.5 Å². The van der Waals surface area contributed by atoms with Crippen LogP contribution in [0.4, 0.5) is 5.82 Å². The predicted molar refractivity (Wildman–Crippen MR) is 117 cm³/mol. The largest absolute Gasteiger partial charge is 0.390 e. The van der Waals surface area contributed by atoms with Crippen LogP contribution in [0.25, 0.3) is 22.3 Å². The molecule has 5 heterocycles. The number of aryl methyl sites for hydroxylation is 1. The standard InChI is InChI=1S/C21H26N8O4/c1-27-6-4-13(26-27)12-9-29(20-16(12)18(22)24-10-25-20)15-7-14(30)17(33-15)21(32)28-5-2-3-11(8-28)19(23)31/h4,6,9-11,14-15,17,30H,2-3,5,7-8H2,1H3,(H2,23,31)(H2,22,24,25)/t11-,14+,15-,17+/m1/s1. The molecule has 0 unspecified atom stereocenters. The summed E-state index contributed by atoms with van der Waals surface area (Å²) < 4.78 is 9.49. The molecule has 0 aliphatic carbocycles. The minimum atomic E-state index is -1.04. The Labute approximate surface area is 189 Å². The van der Waals surface area contributed by atoms with Crippen LogP contribution >= 0.6 is 0 Å². The fourth-order valence-electron chi connectivity index (χ4n) is 4.72. The van der Waals surface area contributed by atoms with E-state index in [0.717, 1.165) is 5.56 Å². The summed E-state index contributed by atoms with van der Waals surface area (Å²) in [4.78, 5) is 34.8. The Bertz CT molecular complexity index is 1220. The summed E-state index contributed by atoms with van der Waals surface area (Å²) >= 11 is 0. The number of aliphatic hydroxyl groups excluding tert-OH is 1. The van der Waals surface area contributed by atoms with Crippen LogP contribution in [-0.4, -0.2) is 71.4 Å². The monoisotopic (exact) mass is 454 g/mol. The molecule has 2 amide bonds. The van der Waals surface area contributed by atoms with Crippen molar-refractivity contribution >= 4 is 28.7 Å². The first-order valence-corrected chi connectivity index (χ1v) is 10.9. The van der Waals surface area contributed by atoms with Gasteiger partial charge in [0.25, 0.3) is 5.91 Å². The molecule has 5 rings (SSSR count). The molecule has 3 aromatic rings. The molecule has 12 nitrogen and oxygen atoms in total. The van der Waals surface area contributed by atoms with Crippen molar-refractivity contribution in [3.63, 3.8) is 0 Å². The Morgan fingerprint density at radius 1 is 1.30 bits per heavy atom. The summed E-state index contributed by atoms with van der Waals surface area (Å²) in [6.45, 7) is 0.741. The fraction of sp³-hybridized carbons (Fsp3) is 0.476. The van der Waals surface area contributed by atoms with Gasteiger partial charge in [-0.05, 0) is 18.9 Å². The maximum atomic E-state index is 13.1. The molecule has 2 aliphatic heterocycles. The summed E-state index contributed by atoms with van der Waals surface area (Å²) in [5.74, 6) is -0.842. The van der Waals surface area contributed by atoms with Gasteiger partial charge in [-0.3, -0.25) is 14.3 Å². The summed E-state index contributed by atoms with van der Waals surface area (Å²) in [7, 11) is 1.82. The van der Waals surface area contributed by atoms with E-state index in [1.165, 1.54) is 6.33 Å². The number of hydrogen-bond donors (Lipinski definition) is 3. The van der Waals surface area contributed by atoms with Gasteiger partial charge >= 0.3 is 0 Å². The molecule has 5 N–H and O–H groups in total. The number of anilines is 1. The first-order valence-electron chi connectivity index (χ1n) is 10.9. The molecular formula is C21H26N8O4. The van der Waals surface area contributed by atoms with Crippen LogP contribution in [0.1, 0.15) is 25.5 Å². The predicted octanol–water partition coefficient (Wildman–Crippen LogP) is -0.214. The van der Waals surface area contributed by atoms with Crippen molar-refractivity contribution < 1.29 is 19.4 Å². The highest BCUT2D eigenvalue weighted by molar-refractivity contribution is 5.99. The number of amides is 2. The Kier molecular flexibility index (Phi) is 5.25. The van der Waals surface area contributed by atoms with Crippen LogP contribution in [-0.2, 0) is 21.4 Å². The number of fused-ring (bicyclic) bond motifs is 1. The average molecular weight is 454 g/mol. The molecule has 12 heteroatoms. The Hall–Kier alpha value is -3.51. The molecule has 0 saturated carbocycles. The maximum Gasteiger partial charge on any atom is 0.254 e. The van der Waals surface area contributed by atoms with Crippen molar-refractivity contribution in [2.45, 2.75) is 37.7 Å². The van der Waals surface area contributed by atoms with Crippen LogP contribution in [0.5, 0.6) is 0 Å². The van der Waals surface area contributed by atoms with Crippen molar-refractivity contribution in [2.75, 3.05) is 18.8 Å². The molecular weight excluding hydrogens is 428 g/mol. The third-order valence-corrected chi connectivity index (χ3v) is 6.41. The van der Waals surface area contributed by atoms with Gasteiger partial charge in [-0.1, -0.05) is 0 Å². The van der Waals surface area contributed by atoms with Crippen LogP contribution in [0.2, 0.25) is 0 Å². The number of rotatable bonds is 4. The maximum absolute atomic E-state index is 13.1. The number of carbonyl (C=O) groups excluding carboxylic acids is 2. The number of nitrogens with two attached hydrogens (primary N) is 2. The fourth-order valence-corrected chi connectivity index (χ4v) is 4.72. The van der Waals surface area contributed by atoms with Gasteiger partial charge in [0.05, 0.1) is 23.1 Å². The lowest BCUT2D eigenvalue weighted by Gasteiger charge is -2.33. The molecule has 0 aromatic carbocycles. The van der Waals surface area contributed by atoms with E-state index >= 15 is 0 Å². The van der Waals surface area contributed by atoms with Gasteiger partial charge in [0.2, 0.25) is 5.91 Å².